The summed E-state index contributed by atoms with van der Waals surface area (Å²) < 4.78 is 0.659. The Bertz CT molecular complexity index is 266. The van der Waals surface area contributed by atoms with E-state index >= 15 is 0 Å². The fourth-order valence-corrected chi connectivity index (χ4v) is 3.82. The van der Waals surface area contributed by atoms with Gasteiger partial charge in [-0.05, 0) is 25.7 Å². The summed E-state index contributed by atoms with van der Waals surface area (Å²) in [6.07, 6.45) is 8.32. The Morgan fingerprint density at radius 1 is 1.18 bits per heavy atom. The molecule has 3 nitrogen and oxygen atoms in total. The van der Waals surface area contributed by atoms with Gasteiger partial charge in [-0.1, -0.05) is 41.9 Å². The Morgan fingerprint density at radius 3 is 2.59 bits per heavy atom. The third-order valence-corrected chi connectivity index (χ3v) is 5.11. The molecular weight excluding hydrogens is 327 g/mol. The smallest absolute Gasteiger partial charge is 0.149 e. The normalized spacial score (nSPS) is 32.6. The van der Waals surface area contributed by atoms with Crippen molar-refractivity contribution in [2.45, 2.75) is 55.0 Å². The van der Waals surface area contributed by atoms with E-state index in [0.717, 1.165) is 25.8 Å². The summed E-state index contributed by atoms with van der Waals surface area (Å²) in [5.74, 6) is 0.760. The van der Waals surface area contributed by atoms with Gasteiger partial charge in [-0.15, -0.1) is 0 Å². The predicted octanol–water partition coefficient (Wildman–Crippen LogP) is 2.32. The maximum Gasteiger partial charge on any atom is 0.149 e. The first kappa shape index (κ1) is 13.7. The minimum Gasteiger partial charge on any atom is -0.316 e. The number of hydrogen-bond acceptors (Lipinski definition) is 3. The van der Waals surface area contributed by atoms with Crippen LogP contribution in [0.25, 0.3) is 0 Å². The molecule has 0 aromatic rings. The van der Waals surface area contributed by atoms with Crippen molar-refractivity contribution in [2.24, 2.45) is 11.7 Å². The summed E-state index contributed by atoms with van der Waals surface area (Å²) in [5, 5.41) is 0. The van der Waals surface area contributed by atoms with Crippen molar-refractivity contribution in [3.63, 3.8) is 0 Å². The number of ketones is 1. The van der Waals surface area contributed by atoms with Crippen molar-refractivity contribution < 1.29 is 4.79 Å². The molecule has 1 aliphatic heterocycles. The first-order valence-electron chi connectivity index (χ1n) is 6.83. The molecule has 0 aromatic carbocycles. The van der Waals surface area contributed by atoms with Crippen LogP contribution in [0.2, 0.25) is 0 Å². The van der Waals surface area contributed by atoms with Crippen molar-refractivity contribution in [1.29, 1.82) is 0 Å². The Hall–Kier alpha value is 0.320. The lowest BCUT2D eigenvalue weighted by Gasteiger charge is -2.36. The highest BCUT2D eigenvalue weighted by Gasteiger charge is 2.28. The number of nitrogens with two attached hydrogens (primary N) is 1. The van der Waals surface area contributed by atoms with Gasteiger partial charge in [0.05, 0.1) is 12.7 Å². The number of likely N-dealkylation sites (tertiary alicyclic amines) is 1. The topological polar surface area (TPSA) is 46.3 Å². The zero-order valence-corrected chi connectivity index (χ0v) is 12.6. The lowest BCUT2D eigenvalue weighted by molar-refractivity contribution is -0.125. The second-order valence-electron chi connectivity index (χ2n) is 5.47. The van der Waals surface area contributed by atoms with Gasteiger partial charge in [0, 0.05) is 16.4 Å². The fourth-order valence-electron chi connectivity index (χ4n) is 2.95. The van der Waals surface area contributed by atoms with E-state index in [1.165, 1.54) is 25.7 Å². The van der Waals surface area contributed by atoms with Gasteiger partial charge in [-0.2, -0.15) is 0 Å². The van der Waals surface area contributed by atoms with Gasteiger partial charge < -0.3 is 5.73 Å². The van der Waals surface area contributed by atoms with Crippen molar-refractivity contribution in [2.75, 3.05) is 13.1 Å². The van der Waals surface area contributed by atoms with Gasteiger partial charge in [0.1, 0.15) is 5.78 Å². The van der Waals surface area contributed by atoms with Crippen LogP contribution in [0, 0.1) is 5.92 Å². The Balaban J connectivity index is 1.83. The third kappa shape index (κ3) is 3.89. The Kier molecular flexibility index (Phi) is 5.24. The monoisotopic (exact) mass is 350 g/mol. The Labute approximate surface area is 118 Å². The highest BCUT2D eigenvalue weighted by Crippen LogP contribution is 2.26. The van der Waals surface area contributed by atoms with Crippen molar-refractivity contribution in [3.05, 3.63) is 0 Å². The number of hydrogen-bond donors (Lipinski definition) is 1. The van der Waals surface area contributed by atoms with Crippen molar-refractivity contribution >= 4 is 28.4 Å². The first-order chi connectivity index (χ1) is 8.16. The standard InChI is InChI=1S/C13H23IN2O/c14-11-6-7-13(15)16(8-11)9-12(17)10-4-2-1-3-5-10/h10-11,13H,1-9,15H2. The lowest BCUT2D eigenvalue weighted by Crippen LogP contribution is -2.51. The average Bonchev–Trinajstić information content (AvgIpc) is 2.35. The molecule has 2 fully saturated rings. The van der Waals surface area contributed by atoms with Gasteiger partial charge in [0.2, 0.25) is 0 Å². The van der Waals surface area contributed by atoms with Crippen LogP contribution in [-0.2, 0) is 4.79 Å². The molecule has 1 saturated heterocycles. The summed E-state index contributed by atoms with van der Waals surface area (Å²) in [6, 6.07) is 0. The second-order valence-corrected chi connectivity index (χ2v) is 7.23. The van der Waals surface area contributed by atoms with E-state index in [2.05, 4.69) is 27.5 Å². The molecule has 2 rings (SSSR count). The van der Waals surface area contributed by atoms with Crippen LogP contribution in [0.3, 0.4) is 0 Å². The number of carbonyl (C=O) groups is 1. The number of piperidine rings is 1. The zero-order valence-electron chi connectivity index (χ0n) is 10.4. The van der Waals surface area contributed by atoms with E-state index in [1.807, 2.05) is 0 Å². The maximum absolute atomic E-state index is 12.2. The maximum atomic E-state index is 12.2. The van der Waals surface area contributed by atoms with E-state index in [0.29, 0.717) is 22.2 Å². The van der Waals surface area contributed by atoms with Gasteiger partial charge in [0.15, 0.2) is 0 Å². The van der Waals surface area contributed by atoms with Gasteiger partial charge in [-0.3, -0.25) is 9.69 Å². The second kappa shape index (κ2) is 6.48. The summed E-state index contributed by atoms with van der Waals surface area (Å²) in [4.78, 5) is 14.4. The zero-order chi connectivity index (χ0) is 12.3. The first-order valence-corrected chi connectivity index (χ1v) is 8.08. The van der Waals surface area contributed by atoms with Gasteiger partial charge in [-0.25, -0.2) is 0 Å². The molecule has 2 atom stereocenters. The molecular formula is C13H23IN2O. The molecule has 1 aliphatic carbocycles. The minimum atomic E-state index is 0.105. The number of Topliss-reactive ketones (excluding diaryl/α,β-unsaturated/α-hetero) is 1. The van der Waals surface area contributed by atoms with Crippen LogP contribution in [0.4, 0.5) is 0 Å². The van der Waals surface area contributed by atoms with E-state index in [1.54, 1.807) is 0 Å². The molecule has 1 saturated carbocycles. The molecule has 17 heavy (non-hydrogen) atoms. The molecule has 1 heterocycles. The Morgan fingerprint density at radius 2 is 1.88 bits per heavy atom. The van der Waals surface area contributed by atoms with Crippen LogP contribution in [0.5, 0.6) is 0 Å². The molecule has 2 unspecified atom stereocenters. The van der Waals surface area contributed by atoms with Crippen LogP contribution in [-0.4, -0.2) is 33.9 Å². The molecule has 98 valence electrons. The summed E-state index contributed by atoms with van der Waals surface area (Å²) in [6.45, 7) is 1.57. The molecule has 0 amide bonds. The summed E-state index contributed by atoms with van der Waals surface area (Å²) in [5.41, 5.74) is 6.09. The molecule has 0 radical (unpaired) electrons. The number of carbonyl (C=O) groups excluding carboxylic acids is 1. The third-order valence-electron chi connectivity index (χ3n) is 4.10. The molecule has 2 N–H and O–H groups in total. The van der Waals surface area contributed by atoms with Crippen LogP contribution in [0.15, 0.2) is 0 Å². The van der Waals surface area contributed by atoms with E-state index in [4.69, 9.17) is 5.73 Å². The number of halogens is 1. The molecule has 0 bridgehead atoms. The summed E-state index contributed by atoms with van der Waals surface area (Å²) >= 11 is 2.47. The summed E-state index contributed by atoms with van der Waals surface area (Å²) in [7, 11) is 0. The molecule has 0 aromatic heterocycles. The molecule has 2 aliphatic rings. The highest BCUT2D eigenvalue weighted by molar-refractivity contribution is 14.1. The van der Waals surface area contributed by atoms with Crippen LogP contribution in [0.1, 0.15) is 44.9 Å². The molecule has 4 heteroatoms. The van der Waals surface area contributed by atoms with Gasteiger partial charge in [0.25, 0.3) is 0 Å². The number of rotatable bonds is 3. The average molecular weight is 350 g/mol. The van der Waals surface area contributed by atoms with Crippen LogP contribution >= 0.6 is 22.6 Å². The SMILES string of the molecule is NC1CCC(I)CN1CC(=O)C1CCCCC1. The van der Waals surface area contributed by atoms with Gasteiger partial charge >= 0.3 is 0 Å². The largest absolute Gasteiger partial charge is 0.316 e. The molecule has 0 spiro atoms. The van der Waals surface area contributed by atoms with Crippen molar-refractivity contribution in [3.8, 4) is 0 Å². The number of alkyl halides is 1. The van der Waals surface area contributed by atoms with Crippen LogP contribution < -0.4 is 5.73 Å². The highest BCUT2D eigenvalue weighted by atomic mass is 127. The van der Waals surface area contributed by atoms with E-state index in [9.17, 15) is 4.79 Å². The quantitative estimate of drug-likeness (QED) is 0.628. The van der Waals surface area contributed by atoms with Crippen molar-refractivity contribution in [1.82, 2.24) is 4.90 Å². The predicted molar refractivity (Wildman–Crippen MR) is 78.2 cm³/mol. The minimum absolute atomic E-state index is 0.105. The van der Waals surface area contributed by atoms with E-state index in [-0.39, 0.29) is 6.17 Å². The fraction of sp³-hybridized carbons (Fsp3) is 0.923. The lowest BCUT2D eigenvalue weighted by atomic mass is 9.86. The number of nitrogens with zero attached hydrogens (tertiary/aromatic N) is 1. The van der Waals surface area contributed by atoms with E-state index < -0.39 is 0 Å².